The Morgan fingerprint density at radius 2 is 2.46 bits per heavy atom. The summed E-state index contributed by atoms with van der Waals surface area (Å²) in [4.78, 5) is 17.0. The predicted octanol–water partition coefficient (Wildman–Crippen LogP) is 2.82. The molecule has 0 aliphatic carbocycles. The average Bonchev–Trinajstić information content (AvgIpc) is 3.28. The van der Waals surface area contributed by atoms with Gasteiger partial charge in [-0.3, -0.25) is 9.20 Å². The number of ether oxygens (including phenoxy) is 1. The van der Waals surface area contributed by atoms with Gasteiger partial charge in [0, 0.05) is 23.3 Å². The number of carbonyl (C=O) groups is 1. The number of fused-ring (bicyclic) bond motifs is 2. The number of nitrogens with zero attached hydrogens (tertiary/aromatic N) is 2. The molecule has 3 heterocycles. The molecule has 24 heavy (non-hydrogen) atoms. The van der Waals surface area contributed by atoms with Crippen molar-refractivity contribution in [2.24, 2.45) is 0 Å². The summed E-state index contributed by atoms with van der Waals surface area (Å²) < 4.78 is 46.1. The number of aryl methyl sites for hydroxylation is 1. The van der Waals surface area contributed by atoms with Crippen LogP contribution in [0, 0.1) is 13.8 Å². The Hall–Kier alpha value is -2.82. The number of aromatic nitrogens is 2. The molecule has 0 bridgehead atoms. The second-order valence-electron chi connectivity index (χ2n) is 5.75. The Balaban J connectivity index is 1.71. The first-order chi connectivity index (χ1) is 13.7. The molecule has 4 rings (SSSR count). The number of pyridine rings is 1. The minimum Gasteiger partial charge on any atom is -0.493 e. The third-order valence-electron chi connectivity index (χ3n) is 4.04. The summed E-state index contributed by atoms with van der Waals surface area (Å²) in [5.74, 6) is 0.218. The van der Waals surface area contributed by atoms with E-state index in [0.29, 0.717) is 12.2 Å². The highest BCUT2D eigenvalue weighted by molar-refractivity contribution is 5.94. The van der Waals surface area contributed by atoms with Crippen molar-refractivity contribution in [3.8, 4) is 5.75 Å². The van der Waals surface area contributed by atoms with Crippen LogP contribution in [-0.4, -0.2) is 21.9 Å². The normalized spacial score (nSPS) is 16.5. The monoisotopic (exact) mass is 326 g/mol. The van der Waals surface area contributed by atoms with E-state index in [1.165, 1.54) is 10.6 Å². The minimum atomic E-state index is -2.63. The van der Waals surface area contributed by atoms with Gasteiger partial charge in [0.2, 0.25) is 0 Å². The van der Waals surface area contributed by atoms with Crippen LogP contribution in [0.25, 0.3) is 5.65 Å². The molecule has 122 valence electrons. The van der Waals surface area contributed by atoms with Gasteiger partial charge in [0.25, 0.3) is 5.91 Å². The third kappa shape index (κ3) is 2.52. The van der Waals surface area contributed by atoms with Crippen molar-refractivity contribution in [2.75, 3.05) is 6.61 Å². The van der Waals surface area contributed by atoms with Gasteiger partial charge < -0.3 is 10.1 Å². The molecule has 1 aromatic carbocycles. The highest BCUT2D eigenvalue weighted by atomic mass is 16.5. The Labute approximate surface area is 147 Å². The van der Waals surface area contributed by atoms with Gasteiger partial charge in [-0.2, -0.15) is 0 Å². The average molecular weight is 326 g/mol. The van der Waals surface area contributed by atoms with E-state index < -0.39 is 12.8 Å². The van der Waals surface area contributed by atoms with Crippen molar-refractivity contribution in [2.45, 2.75) is 26.7 Å². The van der Waals surface area contributed by atoms with Crippen LogP contribution in [0.3, 0.4) is 0 Å². The van der Waals surface area contributed by atoms with E-state index in [0.717, 1.165) is 23.3 Å². The molecule has 0 saturated carbocycles. The topological polar surface area (TPSA) is 55.6 Å². The lowest BCUT2D eigenvalue weighted by atomic mass is 10.1. The largest absolute Gasteiger partial charge is 0.493 e. The van der Waals surface area contributed by atoms with Crippen LogP contribution in [0.15, 0.2) is 36.5 Å². The lowest BCUT2D eigenvalue weighted by molar-refractivity contribution is 0.0944. The molecule has 1 N–H and O–H groups in total. The second kappa shape index (κ2) is 5.67. The Bertz CT molecular complexity index is 1140. The summed E-state index contributed by atoms with van der Waals surface area (Å²) in [5, 5.41) is 2.74. The molecule has 1 amide bonds. The number of hydrogen-bond acceptors (Lipinski definition) is 3. The van der Waals surface area contributed by atoms with Crippen molar-refractivity contribution in [1.29, 1.82) is 0 Å². The van der Waals surface area contributed by atoms with E-state index in [1.54, 1.807) is 6.92 Å². The molecule has 0 saturated heterocycles. The van der Waals surface area contributed by atoms with E-state index in [4.69, 9.17) is 11.6 Å². The van der Waals surface area contributed by atoms with Crippen molar-refractivity contribution in [3.63, 3.8) is 0 Å². The van der Waals surface area contributed by atoms with Crippen LogP contribution >= 0.6 is 0 Å². The molecule has 1 aliphatic heterocycles. The quantitative estimate of drug-likeness (QED) is 0.805. The number of carbonyl (C=O) groups excluding carboxylic acids is 1. The molecule has 0 radical (unpaired) electrons. The van der Waals surface area contributed by atoms with Gasteiger partial charge in [-0.1, -0.05) is 12.1 Å². The number of rotatable bonds is 3. The third-order valence-corrected chi connectivity index (χ3v) is 4.04. The molecule has 3 aromatic rings. The summed E-state index contributed by atoms with van der Waals surface area (Å²) in [6.45, 7) is -0.204. The summed E-state index contributed by atoms with van der Waals surface area (Å²) in [7, 11) is 0. The lowest BCUT2D eigenvalue weighted by Gasteiger charge is -2.08. The predicted molar refractivity (Wildman–Crippen MR) is 91.5 cm³/mol. The second-order valence-corrected chi connectivity index (χ2v) is 5.75. The van der Waals surface area contributed by atoms with E-state index in [9.17, 15) is 4.79 Å². The fourth-order valence-electron chi connectivity index (χ4n) is 2.84. The van der Waals surface area contributed by atoms with Gasteiger partial charge in [-0.05, 0) is 48.6 Å². The van der Waals surface area contributed by atoms with Gasteiger partial charge >= 0.3 is 0 Å². The van der Waals surface area contributed by atoms with Crippen LogP contribution < -0.4 is 10.1 Å². The zero-order valence-corrected chi connectivity index (χ0v) is 13.1. The van der Waals surface area contributed by atoms with Gasteiger partial charge in [-0.25, -0.2) is 4.98 Å². The standard InChI is InChI=1S/C19H19N3O2/c1-12-5-7-22-17(9-12)21-13(2)18(22)19(23)20-11-14-3-4-16-15(10-14)6-8-24-16/h3-5,7,9-10H,6,8,11H2,1-2H3,(H,20,23)/i2D3,5D,9D. The number of amides is 1. The first-order valence-electron chi connectivity index (χ1n) is 10.2. The lowest BCUT2D eigenvalue weighted by Crippen LogP contribution is -2.25. The molecule has 0 atom stereocenters. The first-order valence-corrected chi connectivity index (χ1v) is 7.69. The maximum absolute atomic E-state index is 12.9. The molecule has 0 spiro atoms. The molecule has 2 aromatic heterocycles. The maximum Gasteiger partial charge on any atom is 0.270 e. The molecule has 0 fully saturated rings. The molecule has 0 unspecified atom stereocenters. The molecular formula is C19H19N3O2. The number of nitrogens with one attached hydrogen (secondary N) is 1. The maximum atomic E-state index is 12.9. The van der Waals surface area contributed by atoms with Crippen molar-refractivity contribution in [3.05, 3.63) is 64.6 Å². The van der Waals surface area contributed by atoms with E-state index in [2.05, 4.69) is 10.3 Å². The zero-order valence-electron chi connectivity index (χ0n) is 18.1. The van der Waals surface area contributed by atoms with Crippen LogP contribution in [0.2, 0.25) is 0 Å². The Morgan fingerprint density at radius 3 is 3.33 bits per heavy atom. The summed E-state index contributed by atoms with van der Waals surface area (Å²) >= 11 is 0. The first kappa shape index (κ1) is 10.1. The van der Waals surface area contributed by atoms with Crippen LogP contribution in [0.1, 0.15) is 39.7 Å². The van der Waals surface area contributed by atoms with Gasteiger partial charge in [0.1, 0.15) is 17.1 Å². The van der Waals surface area contributed by atoms with E-state index in [1.807, 2.05) is 18.2 Å². The van der Waals surface area contributed by atoms with Crippen molar-refractivity contribution < 1.29 is 16.4 Å². The number of benzene rings is 1. The molecular weight excluding hydrogens is 302 g/mol. The Morgan fingerprint density at radius 1 is 1.54 bits per heavy atom. The SMILES string of the molecule is [2H]c1cn2c(C(=O)NCc3ccc4c(c3)CCO4)c(C([2H])([2H])[2H])nc2c([2H])c1C. The van der Waals surface area contributed by atoms with Gasteiger partial charge in [0.05, 0.1) is 15.0 Å². The highest BCUT2D eigenvalue weighted by Crippen LogP contribution is 2.25. The highest BCUT2D eigenvalue weighted by Gasteiger charge is 2.17. The molecule has 5 nitrogen and oxygen atoms in total. The summed E-state index contributed by atoms with van der Waals surface area (Å²) in [6.07, 6.45) is 2.14. The minimum absolute atomic E-state index is 0.0321. The van der Waals surface area contributed by atoms with Gasteiger partial charge in [-0.15, -0.1) is 0 Å². The fourth-order valence-corrected chi connectivity index (χ4v) is 2.84. The summed E-state index contributed by atoms with van der Waals surface area (Å²) in [5.41, 5.74) is 1.80. The Kier molecular flexibility index (Phi) is 2.39. The number of imidazole rings is 1. The molecule has 5 heteroatoms. The van der Waals surface area contributed by atoms with Crippen LogP contribution in [0.4, 0.5) is 0 Å². The van der Waals surface area contributed by atoms with E-state index >= 15 is 0 Å². The summed E-state index contributed by atoms with van der Waals surface area (Å²) in [6, 6.07) is 5.62. The van der Waals surface area contributed by atoms with Gasteiger partial charge in [0.15, 0.2) is 0 Å². The van der Waals surface area contributed by atoms with Crippen molar-refractivity contribution >= 4 is 11.6 Å². The zero-order chi connectivity index (χ0) is 20.9. The molecule has 1 aliphatic rings. The van der Waals surface area contributed by atoms with Crippen LogP contribution in [-0.2, 0) is 13.0 Å². The van der Waals surface area contributed by atoms with Crippen molar-refractivity contribution in [1.82, 2.24) is 14.7 Å². The van der Waals surface area contributed by atoms with Crippen LogP contribution in [0.5, 0.6) is 5.75 Å². The smallest absolute Gasteiger partial charge is 0.270 e. The van der Waals surface area contributed by atoms with E-state index in [-0.39, 0.29) is 35.7 Å². The number of hydrogen-bond donors (Lipinski definition) is 1. The fraction of sp³-hybridized carbons (Fsp3) is 0.263.